The molecule has 0 spiro atoms. The molecule has 0 amide bonds. The van der Waals surface area contributed by atoms with Crippen molar-refractivity contribution < 1.29 is 12.8 Å². The molecule has 0 aliphatic heterocycles. The normalized spacial score (nSPS) is 12.2. The number of hydrogen-bond donors (Lipinski definition) is 1. The number of halogens is 2. The molecule has 0 saturated carbocycles. The number of sulfonamides is 1. The zero-order valence-electron chi connectivity index (χ0n) is 10.2. The fourth-order valence-corrected chi connectivity index (χ4v) is 3.25. The van der Waals surface area contributed by atoms with Gasteiger partial charge in [-0.3, -0.25) is 0 Å². The Bertz CT molecular complexity index is 532. The molecule has 0 atom stereocenters. The SMILES string of the molecule is Cc1cc(F)cc(C)c1S(=O)(=O)NC/C=C/CCl. The van der Waals surface area contributed by atoms with Crippen molar-refractivity contribution in [1.82, 2.24) is 4.72 Å². The van der Waals surface area contributed by atoms with Crippen LogP contribution in [0.5, 0.6) is 0 Å². The van der Waals surface area contributed by atoms with Crippen molar-refractivity contribution >= 4 is 21.6 Å². The van der Waals surface area contributed by atoms with Gasteiger partial charge in [0, 0.05) is 12.4 Å². The fraction of sp³-hybridized carbons (Fsp3) is 0.333. The molecule has 0 heterocycles. The Morgan fingerprint density at radius 1 is 1.28 bits per heavy atom. The third-order valence-electron chi connectivity index (χ3n) is 2.34. The molecule has 0 bridgehead atoms. The highest BCUT2D eigenvalue weighted by Crippen LogP contribution is 2.20. The van der Waals surface area contributed by atoms with Gasteiger partial charge in [-0.05, 0) is 37.1 Å². The van der Waals surface area contributed by atoms with E-state index in [1.165, 1.54) is 12.1 Å². The van der Waals surface area contributed by atoms with Gasteiger partial charge in [-0.1, -0.05) is 12.2 Å². The Kier molecular flexibility index (Phi) is 5.31. The van der Waals surface area contributed by atoms with E-state index in [0.29, 0.717) is 17.0 Å². The van der Waals surface area contributed by atoms with Gasteiger partial charge in [0.05, 0.1) is 4.90 Å². The van der Waals surface area contributed by atoms with Crippen molar-refractivity contribution in [1.29, 1.82) is 0 Å². The molecule has 0 unspecified atom stereocenters. The number of aryl methyl sites for hydroxylation is 2. The van der Waals surface area contributed by atoms with Gasteiger partial charge >= 0.3 is 0 Å². The molecule has 1 aromatic carbocycles. The first-order valence-corrected chi connectivity index (χ1v) is 7.37. The third-order valence-corrected chi connectivity index (χ3v) is 4.25. The second kappa shape index (κ2) is 6.31. The molecule has 0 radical (unpaired) electrons. The monoisotopic (exact) mass is 291 g/mol. The maximum absolute atomic E-state index is 13.1. The summed E-state index contributed by atoms with van der Waals surface area (Å²) >= 11 is 5.43. The summed E-state index contributed by atoms with van der Waals surface area (Å²) in [6.45, 7) is 3.30. The molecule has 6 heteroatoms. The average molecular weight is 292 g/mol. The second-order valence-corrected chi connectivity index (χ2v) is 5.86. The summed E-state index contributed by atoms with van der Waals surface area (Å²) in [5.74, 6) is -0.109. The molecule has 1 aromatic rings. The summed E-state index contributed by atoms with van der Waals surface area (Å²) in [4.78, 5) is 0.128. The first-order chi connectivity index (χ1) is 8.38. The Morgan fingerprint density at radius 2 is 1.83 bits per heavy atom. The zero-order valence-corrected chi connectivity index (χ0v) is 11.8. The van der Waals surface area contributed by atoms with Gasteiger partial charge in [0.15, 0.2) is 0 Å². The van der Waals surface area contributed by atoms with Crippen LogP contribution in [0.4, 0.5) is 4.39 Å². The number of nitrogens with one attached hydrogen (secondary N) is 1. The molecule has 100 valence electrons. The van der Waals surface area contributed by atoms with Crippen molar-refractivity contribution in [3.8, 4) is 0 Å². The van der Waals surface area contributed by atoms with Gasteiger partial charge < -0.3 is 0 Å². The summed E-state index contributed by atoms with van der Waals surface area (Å²) in [6, 6.07) is 2.41. The van der Waals surface area contributed by atoms with E-state index < -0.39 is 15.8 Å². The Labute approximate surface area is 112 Å². The van der Waals surface area contributed by atoms with Gasteiger partial charge in [0.1, 0.15) is 5.82 Å². The van der Waals surface area contributed by atoms with Crippen LogP contribution in [-0.4, -0.2) is 20.8 Å². The van der Waals surface area contributed by atoms with Crippen LogP contribution in [0.15, 0.2) is 29.2 Å². The number of benzene rings is 1. The number of alkyl halides is 1. The predicted octanol–water partition coefficient (Wildman–Crippen LogP) is 2.52. The van der Waals surface area contributed by atoms with Gasteiger partial charge in [0.25, 0.3) is 0 Å². The highest BCUT2D eigenvalue weighted by Gasteiger charge is 2.19. The first-order valence-electron chi connectivity index (χ1n) is 5.36. The Balaban J connectivity index is 3.02. The van der Waals surface area contributed by atoms with Crippen LogP contribution in [0.25, 0.3) is 0 Å². The van der Waals surface area contributed by atoms with Gasteiger partial charge in [-0.25, -0.2) is 17.5 Å². The molecular weight excluding hydrogens is 277 g/mol. The molecule has 1 N–H and O–H groups in total. The van der Waals surface area contributed by atoms with E-state index in [1.807, 2.05) is 0 Å². The smallest absolute Gasteiger partial charge is 0.207 e. The van der Waals surface area contributed by atoms with E-state index in [4.69, 9.17) is 11.6 Å². The van der Waals surface area contributed by atoms with E-state index in [9.17, 15) is 12.8 Å². The summed E-state index contributed by atoms with van der Waals surface area (Å²) in [5, 5.41) is 0. The minimum absolute atomic E-state index is 0.128. The van der Waals surface area contributed by atoms with Crippen molar-refractivity contribution in [2.24, 2.45) is 0 Å². The minimum atomic E-state index is -3.63. The standard InChI is InChI=1S/C12H15ClFNO2S/c1-9-7-11(14)8-10(2)12(9)18(16,17)15-6-4-3-5-13/h3-4,7-8,15H,5-6H2,1-2H3/b4-3+. The first kappa shape index (κ1) is 15.1. The van der Waals surface area contributed by atoms with Gasteiger partial charge in [0.2, 0.25) is 10.0 Å². The van der Waals surface area contributed by atoms with E-state index in [2.05, 4.69) is 4.72 Å². The minimum Gasteiger partial charge on any atom is -0.207 e. The lowest BCUT2D eigenvalue weighted by molar-refractivity contribution is 0.582. The lowest BCUT2D eigenvalue weighted by Crippen LogP contribution is -2.25. The van der Waals surface area contributed by atoms with E-state index in [1.54, 1.807) is 26.0 Å². The maximum Gasteiger partial charge on any atom is 0.241 e. The molecule has 0 saturated heterocycles. The molecule has 0 fully saturated rings. The van der Waals surface area contributed by atoms with Crippen LogP contribution < -0.4 is 4.72 Å². The lowest BCUT2D eigenvalue weighted by Gasteiger charge is -2.11. The van der Waals surface area contributed by atoms with Crippen LogP contribution in [0.1, 0.15) is 11.1 Å². The highest BCUT2D eigenvalue weighted by molar-refractivity contribution is 7.89. The second-order valence-electron chi connectivity index (χ2n) is 3.85. The van der Waals surface area contributed by atoms with Crippen LogP contribution in [-0.2, 0) is 10.0 Å². The number of rotatable bonds is 5. The summed E-state index contributed by atoms with van der Waals surface area (Å²) in [5.41, 5.74) is 0.780. The highest BCUT2D eigenvalue weighted by atomic mass is 35.5. The van der Waals surface area contributed by atoms with Gasteiger partial charge in [-0.2, -0.15) is 0 Å². The molecule has 0 aliphatic rings. The van der Waals surface area contributed by atoms with Crippen LogP contribution >= 0.6 is 11.6 Å². The molecule has 3 nitrogen and oxygen atoms in total. The largest absolute Gasteiger partial charge is 0.241 e. The molecule has 0 aromatic heterocycles. The molecule has 0 aliphatic carbocycles. The number of allylic oxidation sites excluding steroid dienone is 1. The molecular formula is C12H15ClFNO2S. The summed E-state index contributed by atoms with van der Waals surface area (Å²) < 4.78 is 39.6. The predicted molar refractivity (Wildman–Crippen MR) is 70.9 cm³/mol. The van der Waals surface area contributed by atoms with E-state index in [-0.39, 0.29) is 11.4 Å². The summed E-state index contributed by atoms with van der Waals surface area (Å²) in [6.07, 6.45) is 3.27. The van der Waals surface area contributed by atoms with Crippen molar-refractivity contribution in [2.75, 3.05) is 12.4 Å². The average Bonchev–Trinajstić information content (AvgIpc) is 2.22. The molecule has 18 heavy (non-hydrogen) atoms. The van der Waals surface area contributed by atoms with Crippen molar-refractivity contribution in [3.63, 3.8) is 0 Å². The third kappa shape index (κ3) is 3.80. The molecule has 1 rings (SSSR count). The topological polar surface area (TPSA) is 46.2 Å². The van der Waals surface area contributed by atoms with Gasteiger partial charge in [-0.15, -0.1) is 11.6 Å². The quantitative estimate of drug-likeness (QED) is 0.669. The van der Waals surface area contributed by atoms with Crippen LogP contribution in [0, 0.1) is 19.7 Å². The van der Waals surface area contributed by atoms with Crippen molar-refractivity contribution in [3.05, 3.63) is 41.2 Å². The van der Waals surface area contributed by atoms with Crippen LogP contribution in [0.3, 0.4) is 0 Å². The lowest BCUT2D eigenvalue weighted by atomic mass is 10.1. The van der Waals surface area contributed by atoms with Crippen molar-refractivity contribution in [2.45, 2.75) is 18.7 Å². The maximum atomic E-state index is 13.1. The fourth-order valence-electron chi connectivity index (χ4n) is 1.70. The van der Waals surface area contributed by atoms with E-state index in [0.717, 1.165) is 0 Å². The Hall–Kier alpha value is -0.910. The van der Waals surface area contributed by atoms with Crippen LogP contribution in [0.2, 0.25) is 0 Å². The number of hydrogen-bond acceptors (Lipinski definition) is 2. The Morgan fingerprint density at radius 3 is 2.33 bits per heavy atom. The summed E-state index contributed by atoms with van der Waals surface area (Å²) in [7, 11) is -3.63. The zero-order chi connectivity index (χ0) is 13.8. The van der Waals surface area contributed by atoms with E-state index >= 15 is 0 Å².